The summed E-state index contributed by atoms with van der Waals surface area (Å²) in [6.45, 7) is 7.60. The molecule has 1 aromatic heterocycles. The van der Waals surface area contributed by atoms with E-state index in [-0.39, 0.29) is 5.41 Å². The summed E-state index contributed by atoms with van der Waals surface area (Å²) in [7, 11) is 2.19. The summed E-state index contributed by atoms with van der Waals surface area (Å²) >= 11 is 2.09. The molecular weight excluding hydrogens is 345 g/mol. The third-order valence-corrected chi connectivity index (χ3v) is 8.14. The summed E-state index contributed by atoms with van der Waals surface area (Å²) in [4.78, 5) is 1.47. The number of aryl methyl sites for hydroxylation is 2. The Balaban J connectivity index is 1.82. The molecule has 2 aliphatic rings. The van der Waals surface area contributed by atoms with Gasteiger partial charge in [0.1, 0.15) is 12.6 Å². The fourth-order valence-electron chi connectivity index (χ4n) is 5.46. The number of thioether (sulfide) groups is 1. The Kier molecular flexibility index (Phi) is 3.81. The van der Waals surface area contributed by atoms with Crippen LogP contribution in [-0.4, -0.2) is 11.9 Å². The lowest BCUT2D eigenvalue weighted by atomic mass is 9.31. The van der Waals surface area contributed by atoms with Crippen molar-refractivity contribution < 1.29 is 4.57 Å². The summed E-state index contributed by atoms with van der Waals surface area (Å²) in [5, 5.41) is 0.527. The molecule has 0 saturated carbocycles. The molecule has 0 saturated heterocycles. The van der Waals surface area contributed by atoms with Gasteiger partial charge in [-0.25, -0.2) is 4.57 Å². The first kappa shape index (κ1) is 17.1. The second-order valence-electron chi connectivity index (χ2n) is 8.57. The maximum atomic E-state index is 2.45. The quantitative estimate of drug-likeness (QED) is 0.468. The van der Waals surface area contributed by atoms with Gasteiger partial charge >= 0.3 is 6.71 Å². The average Bonchev–Trinajstić information content (AvgIpc) is 3.04. The van der Waals surface area contributed by atoms with Gasteiger partial charge in [-0.15, -0.1) is 11.8 Å². The predicted molar refractivity (Wildman–Crippen MR) is 116 cm³/mol. The fourth-order valence-corrected chi connectivity index (χ4v) is 7.28. The number of pyridine rings is 1. The zero-order valence-corrected chi connectivity index (χ0v) is 17.3. The van der Waals surface area contributed by atoms with E-state index in [0.29, 0.717) is 17.8 Å². The van der Waals surface area contributed by atoms with Crippen LogP contribution in [0.25, 0.3) is 0 Å². The maximum absolute atomic E-state index is 2.45. The van der Waals surface area contributed by atoms with Gasteiger partial charge in [0.15, 0.2) is 6.20 Å². The van der Waals surface area contributed by atoms with Crippen LogP contribution < -0.4 is 15.6 Å². The highest BCUT2D eigenvalue weighted by Crippen LogP contribution is 2.56. The van der Waals surface area contributed by atoms with Gasteiger partial charge in [0, 0.05) is 22.0 Å². The molecule has 0 amide bonds. The molecule has 0 aliphatic carbocycles. The van der Waals surface area contributed by atoms with Crippen molar-refractivity contribution in [1.82, 2.24) is 0 Å². The van der Waals surface area contributed by atoms with E-state index in [2.05, 4.69) is 111 Å². The first-order valence-corrected chi connectivity index (χ1v) is 10.7. The molecule has 3 heteroatoms. The Labute approximate surface area is 166 Å². The van der Waals surface area contributed by atoms with Crippen LogP contribution in [0, 0.1) is 6.92 Å². The van der Waals surface area contributed by atoms with Gasteiger partial charge in [-0.2, -0.15) is 0 Å². The van der Waals surface area contributed by atoms with Crippen LogP contribution in [0.3, 0.4) is 0 Å². The van der Waals surface area contributed by atoms with Gasteiger partial charge < -0.3 is 0 Å². The number of aromatic nitrogens is 1. The first-order valence-electron chi connectivity index (χ1n) is 9.80. The predicted octanol–water partition coefficient (Wildman–Crippen LogP) is 3.52. The number of rotatable bonds is 1. The Bertz CT molecular complexity index is 1040. The SMILES string of the molecule is Cc1cccc2c1B(c1cccc[n+]1C)C1Sc3ccccc3C1C2(C)C. The third-order valence-electron chi connectivity index (χ3n) is 6.69. The van der Waals surface area contributed by atoms with Crippen LogP contribution in [-0.2, 0) is 12.5 Å². The first-order chi connectivity index (χ1) is 13.0. The smallest absolute Gasteiger partial charge is 0.214 e. The lowest BCUT2D eigenvalue weighted by Crippen LogP contribution is -2.68. The molecule has 2 aromatic carbocycles. The number of hydrogen-bond donors (Lipinski definition) is 0. The molecule has 3 heterocycles. The highest BCUT2D eigenvalue weighted by molar-refractivity contribution is 8.02. The number of nitrogens with zero attached hydrogens (tertiary/aromatic N) is 1. The van der Waals surface area contributed by atoms with Crippen LogP contribution in [0.2, 0.25) is 0 Å². The van der Waals surface area contributed by atoms with Crippen molar-refractivity contribution in [2.24, 2.45) is 7.05 Å². The largest absolute Gasteiger partial charge is 0.308 e. The Morgan fingerprint density at radius 2 is 1.74 bits per heavy atom. The van der Waals surface area contributed by atoms with Crippen LogP contribution in [0.5, 0.6) is 0 Å². The van der Waals surface area contributed by atoms with Crippen molar-refractivity contribution in [3.05, 3.63) is 83.6 Å². The van der Waals surface area contributed by atoms with Gasteiger partial charge in [-0.05, 0) is 35.6 Å². The molecule has 0 bridgehead atoms. The molecule has 0 N–H and O–H groups in total. The minimum absolute atomic E-state index is 0.121. The zero-order valence-electron chi connectivity index (χ0n) is 16.4. The van der Waals surface area contributed by atoms with E-state index in [4.69, 9.17) is 0 Å². The van der Waals surface area contributed by atoms with E-state index in [0.717, 1.165) is 0 Å². The molecule has 134 valence electrons. The Hall–Kier alpha value is -2.00. The van der Waals surface area contributed by atoms with Crippen LogP contribution in [0.4, 0.5) is 0 Å². The monoisotopic (exact) mass is 370 g/mol. The second kappa shape index (κ2) is 6.00. The van der Waals surface area contributed by atoms with Gasteiger partial charge in [0.25, 0.3) is 0 Å². The lowest BCUT2D eigenvalue weighted by Gasteiger charge is -2.45. The van der Waals surface area contributed by atoms with Crippen LogP contribution >= 0.6 is 11.8 Å². The molecule has 1 nitrogen and oxygen atoms in total. The van der Waals surface area contributed by atoms with E-state index in [1.54, 1.807) is 5.46 Å². The molecule has 2 unspecified atom stereocenters. The normalized spacial score (nSPS) is 22.1. The lowest BCUT2D eigenvalue weighted by molar-refractivity contribution is -0.654. The van der Waals surface area contributed by atoms with Crippen molar-refractivity contribution in [2.45, 2.75) is 42.1 Å². The molecule has 2 aliphatic heterocycles. The maximum Gasteiger partial charge on any atom is 0.308 e. The standard InChI is InChI=1S/C24H25BNS/c1-16-10-9-12-18-22(16)25(20-14-7-8-15-26(20)4)23-21(24(18,2)3)17-11-5-6-13-19(17)27-23/h5-15,21,23H,1-4H3/q+1. The van der Waals surface area contributed by atoms with Crippen molar-refractivity contribution in [1.29, 1.82) is 0 Å². The molecule has 0 fully saturated rings. The third kappa shape index (κ3) is 2.37. The molecule has 3 aromatic rings. The van der Waals surface area contributed by atoms with E-state index in [9.17, 15) is 0 Å². The topological polar surface area (TPSA) is 3.88 Å². The number of fused-ring (bicyclic) bond motifs is 4. The highest BCUT2D eigenvalue weighted by Gasteiger charge is 2.56. The zero-order chi connectivity index (χ0) is 18.8. The summed E-state index contributed by atoms with van der Waals surface area (Å²) < 4.78 is 2.32. The Morgan fingerprint density at radius 1 is 0.963 bits per heavy atom. The molecule has 2 atom stereocenters. The van der Waals surface area contributed by atoms with Gasteiger partial charge in [0.05, 0.1) is 0 Å². The molecule has 27 heavy (non-hydrogen) atoms. The number of hydrogen-bond acceptors (Lipinski definition) is 1. The van der Waals surface area contributed by atoms with Gasteiger partial charge in [-0.3, -0.25) is 0 Å². The van der Waals surface area contributed by atoms with Gasteiger partial charge in [-0.1, -0.05) is 67.3 Å². The van der Waals surface area contributed by atoms with E-state index in [1.165, 1.54) is 27.2 Å². The Morgan fingerprint density at radius 3 is 2.56 bits per heavy atom. The van der Waals surface area contributed by atoms with E-state index >= 15 is 0 Å². The molecule has 0 radical (unpaired) electrons. The van der Waals surface area contributed by atoms with Crippen LogP contribution in [0.1, 0.15) is 36.5 Å². The molecule has 5 rings (SSSR count). The van der Waals surface area contributed by atoms with Crippen molar-refractivity contribution in [3.63, 3.8) is 0 Å². The van der Waals surface area contributed by atoms with E-state index in [1.807, 2.05) is 0 Å². The van der Waals surface area contributed by atoms with Crippen LogP contribution in [0.15, 0.2) is 71.8 Å². The van der Waals surface area contributed by atoms with Crippen molar-refractivity contribution >= 4 is 29.5 Å². The fraction of sp³-hybridized carbons (Fsp3) is 0.292. The summed E-state index contributed by atoms with van der Waals surface area (Å²) in [5.41, 5.74) is 7.56. The second-order valence-corrected chi connectivity index (χ2v) is 9.79. The summed E-state index contributed by atoms with van der Waals surface area (Å²) in [5.74, 6) is 0.526. The minimum atomic E-state index is 0.121. The highest BCUT2D eigenvalue weighted by atomic mass is 32.2. The average molecular weight is 370 g/mol. The summed E-state index contributed by atoms with van der Waals surface area (Å²) in [6.07, 6.45) is 2.19. The van der Waals surface area contributed by atoms with Crippen molar-refractivity contribution in [2.75, 3.05) is 0 Å². The van der Waals surface area contributed by atoms with Gasteiger partial charge in [0.2, 0.25) is 0 Å². The number of benzene rings is 2. The van der Waals surface area contributed by atoms with Crippen molar-refractivity contribution in [3.8, 4) is 0 Å². The summed E-state index contributed by atoms with van der Waals surface area (Å²) in [6, 6.07) is 22.6. The minimum Gasteiger partial charge on any atom is -0.214 e. The molecular formula is C24H25BNS+. The van der Waals surface area contributed by atoms with E-state index < -0.39 is 0 Å². The molecule has 0 spiro atoms.